The predicted octanol–water partition coefficient (Wildman–Crippen LogP) is -0.872. The van der Waals surface area contributed by atoms with Crippen LogP contribution in [-0.2, 0) is 14.4 Å². The lowest BCUT2D eigenvalue weighted by Gasteiger charge is -2.37. The predicted molar refractivity (Wildman–Crippen MR) is 68.5 cm³/mol. The van der Waals surface area contributed by atoms with E-state index in [4.69, 9.17) is 5.11 Å². The third-order valence-corrected chi connectivity index (χ3v) is 3.32. The summed E-state index contributed by atoms with van der Waals surface area (Å²) in [4.78, 5) is 37.3. The van der Waals surface area contributed by atoms with E-state index in [1.54, 1.807) is 18.7 Å². The second-order valence-corrected chi connectivity index (χ2v) is 4.80. The van der Waals surface area contributed by atoms with E-state index in [1.165, 1.54) is 6.92 Å². The van der Waals surface area contributed by atoms with Gasteiger partial charge in [-0.15, -0.1) is 0 Å². The van der Waals surface area contributed by atoms with E-state index < -0.39 is 18.1 Å². The van der Waals surface area contributed by atoms with Gasteiger partial charge in [0.05, 0.1) is 0 Å². The van der Waals surface area contributed by atoms with Gasteiger partial charge in [0.15, 0.2) is 0 Å². The van der Waals surface area contributed by atoms with Gasteiger partial charge in [0.25, 0.3) is 0 Å². The molecule has 0 bridgehead atoms. The summed E-state index contributed by atoms with van der Waals surface area (Å²) in [6.45, 7) is 6.70. The Morgan fingerprint density at radius 3 is 2.05 bits per heavy atom. The van der Waals surface area contributed by atoms with Crippen LogP contribution in [0.5, 0.6) is 0 Å². The number of amides is 2. The first-order valence-electron chi connectivity index (χ1n) is 6.35. The number of hydrogen-bond donors (Lipinski definition) is 2. The molecule has 2 atom stereocenters. The molecule has 1 saturated heterocycles. The first kappa shape index (κ1) is 15.4. The molecule has 0 radical (unpaired) electrons. The highest BCUT2D eigenvalue weighted by atomic mass is 16.4. The molecule has 108 valence electrons. The minimum Gasteiger partial charge on any atom is -0.480 e. The summed E-state index contributed by atoms with van der Waals surface area (Å²) in [7, 11) is 0. The number of carboxylic acid groups (broad SMARTS) is 1. The lowest BCUT2D eigenvalue weighted by molar-refractivity contribution is -0.144. The third-order valence-electron chi connectivity index (χ3n) is 3.32. The molecule has 0 aliphatic carbocycles. The van der Waals surface area contributed by atoms with Crippen molar-refractivity contribution in [2.75, 3.05) is 26.2 Å². The maximum Gasteiger partial charge on any atom is 0.320 e. The van der Waals surface area contributed by atoms with Crippen LogP contribution in [0, 0.1) is 0 Å². The quantitative estimate of drug-likeness (QED) is 0.693. The fourth-order valence-corrected chi connectivity index (χ4v) is 2.13. The zero-order valence-corrected chi connectivity index (χ0v) is 11.5. The van der Waals surface area contributed by atoms with E-state index >= 15 is 0 Å². The molecular weight excluding hydrogens is 250 g/mol. The highest BCUT2D eigenvalue weighted by molar-refractivity contribution is 5.86. The van der Waals surface area contributed by atoms with E-state index in [1.807, 2.05) is 4.90 Å². The lowest BCUT2D eigenvalue weighted by atomic mass is 10.2. The van der Waals surface area contributed by atoms with Crippen molar-refractivity contribution in [3.63, 3.8) is 0 Å². The molecule has 19 heavy (non-hydrogen) atoms. The molecule has 0 spiro atoms. The van der Waals surface area contributed by atoms with Crippen LogP contribution in [-0.4, -0.2) is 71.0 Å². The van der Waals surface area contributed by atoms with E-state index in [-0.39, 0.29) is 11.8 Å². The molecule has 0 aromatic carbocycles. The largest absolute Gasteiger partial charge is 0.480 e. The van der Waals surface area contributed by atoms with Crippen LogP contribution in [0.1, 0.15) is 20.8 Å². The van der Waals surface area contributed by atoms with Gasteiger partial charge in [0.2, 0.25) is 11.8 Å². The molecule has 2 unspecified atom stereocenters. The van der Waals surface area contributed by atoms with Crippen molar-refractivity contribution in [1.82, 2.24) is 15.1 Å². The lowest BCUT2D eigenvalue weighted by Crippen LogP contribution is -2.56. The van der Waals surface area contributed by atoms with Crippen molar-refractivity contribution in [2.24, 2.45) is 0 Å². The Hall–Kier alpha value is -1.63. The van der Waals surface area contributed by atoms with Crippen molar-refractivity contribution in [3.8, 4) is 0 Å². The van der Waals surface area contributed by atoms with Crippen LogP contribution in [0.15, 0.2) is 0 Å². The molecule has 1 fully saturated rings. The SMILES string of the molecule is CC(=O)NC(C)C(=O)N1CCN(C(C)C(=O)O)CC1. The smallest absolute Gasteiger partial charge is 0.320 e. The Bertz CT molecular complexity index is 364. The molecule has 0 saturated carbocycles. The van der Waals surface area contributed by atoms with Crippen molar-refractivity contribution < 1.29 is 19.5 Å². The van der Waals surface area contributed by atoms with E-state index in [9.17, 15) is 14.4 Å². The highest BCUT2D eigenvalue weighted by Gasteiger charge is 2.29. The Kier molecular flexibility index (Phi) is 5.29. The number of aliphatic carboxylic acids is 1. The van der Waals surface area contributed by atoms with Crippen molar-refractivity contribution in [2.45, 2.75) is 32.9 Å². The second-order valence-electron chi connectivity index (χ2n) is 4.80. The summed E-state index contributed by atoms with van der Waals surface area (Å²) >= 11 is 0. The number of nitrogens with zero attached hydrogens (tertiary/aromatic N) is 2. The maximum absolute atomic E-state index is 12.0. The fourth-order valence-electron chi connectivity index (χ4n) is 2.13. The maximum atomic E-state index is 12.0. The summed E-state index contributed by atoms with van der Waals surface area (Å²) in [5.74, 6) is -1.22. The Balaban J connectivity index is 2.47. The van der Waals surface area contributed by atoms with Crippen molar-refractivity contribution in [1.29, 1.82) is 0 Å². The van der Waals surface area contributed by atoms with E-state index in [0.717, 1.165) is 0 Å². The Morgan fingerprint density at radius 2 is 1.63 bits per heavy atom. The van der Waals surface area contributed by atoms with Gasteiger partial charge in [-0.1, -0.05) is 0 Å². The van der Waals surface area contributed by atoms with Crippen LogP contribution < -0.4 is 5.32 Å². The van der Waals surface area contributed by atoms with Crippen molar-refractivity contribution in [3.05, 3.63) is 0 Å². The third kappa shape index (κ3) is 4.20. The van der Waals surface area contributed by atoms with E-state index in [0.29, 0.717) is 26.2 Å². The number of carbonyl (C=O) groups excluding carboxylic acids is 2. The van der Waals surface area contributed by atoms with Crippen molar-refractivity contribution >= 4 is 17.8 Å². The molecule has 1 aliphatic rings. The number of nitrogens with one attached hydrogen (secondary N) is 1. The zero-order chi connectivity index (χ0) is 14.6. The first-order chi connectivity index (χ1) is 8.82. The second kappa shape index (κ2) is 6.51. The molecular formula is C12H21N3O4. The molecule has 1 heterocycles. The summed E-state index contributed by atoms with van der Waals surface area (Å²) in [5, 5.41) is 11.5. The Morgan fingerprint density at radius 1 is 1.11 bits per heavy atom. The summed E-state index contributed by atoms with van der Waals surface area (Å²) in [6, 6.07) is -1.08. The van der Waals surface area contributed by atoms with Gasteiger partial charge in [0.1, 0.15) is 12.1 Å². The van der Waals surface area contributed by atoms with Gasteiger partial charge >= 0.3 is 5.97 Å². The van der Waals surface area contributed by atoms with Crippen LogP contribution in [0.4, 0.5) is 0 Å². The Labute approximate surface area is 112 Å². The minimum atomic E-state index is -0.855. The topological polar surface area (TPSA) is 90.0 Å². The molecule has 0 aromatic heterocycles. The summed E-state index contributed by atoms with van der Waals surface area (Å²) in [5.41, 5.74) is 0. The van der Waals surface area contributed by atoms with Crippen LogP contribution in [0.25, 0.3) is 0 Å². The molecule has 1 aliphatic heterocycles. The summed E-state index contributed by atoms with van der Waals surface area (Å²) < 4.78 is 0. The van der Waals surface area contributed by atoms with Crippen LogP contribution in [0.3, 0.4) is 0 Å². The molecule has 7 heteroatoms. The molecule has 2 N–H and O–H groups in total. The number of rotatable bonds is 4. The minimum absolute atomic E-state index is 0.127. The van der Waals surface area contributed by atoms with E-state index in [2.05, 4.69) is 5.32 Å². The molecule has 2 amide bonds. The first-order valence-corrected chi connectivity index (χ1v) is 6.35. The van der Waals surface area contributed by atoms with Crippen LogP contribution in [0.2, 0.25) is 0 Å². The zero-order valence-electron chi connectivity index (χ0n) is 11.5. The van der Waals surface area contributed by atoms with Gasteiger partial charge in [-0.25, -0.2) is 0 Å². The average molecular weight is 271 g/mol. The summed E-state index contributed by atoms with van der Waals surface area (Å²) in [6.07, 6.45) is 0. The van der Waals surface area contributed by atoms with Gasteiger partial charge in [-0.3, -0.25) is 19.3 Å². The molecule has 7 nitrogen and oxygen atoms in total. The number of piperazine rings is 1. The molecule has 1 rings (SSSR count). The number of hydrogen-bond acceptors (Lipinski definition) is 4. The van der Waals surface area contributed by atoms with Gasteiger partial charge < -0.3 is 15.3 Å². The fraction of sp³-hybridized carbons (Fsp3) is 0.750. The monoisotopic (exact) mass is 271 g/mol. The molecule has 0 aromatic rings. The van der Waals surface area contributed by atoms with Crippen LogP contribution >= 0.6 is 0 Å². The normalized spacial score (nSPS) is 19.6. The van der Waals surface area contributed by atoms with Gasteiger partial charge in [-0.2, -0.15) is 0 Å². The van der Waals surface area contributed by atoms with Gasteiger partial charge in [0, 0.05) is 33.1 Å². The number of carboxylic acids is 1. The van der Waals surface area contributed by atoms with Gasteiger partial charge in [-0.05, 0) is 13.8 Å². The average Bonchev–Trinajstić information content (AvgIpc) is 2.36. The number of carbonyl (C=O) groups is 3. The highest BCUT2D eigenvalue weighted by Crippen LogP contribution is 2.08. The standard InChI is InChI=1S/C12H21N3O4/c1-8(13-10(3)16)11(17)15-6-4-14(5-7-15)9(2)12(18)19/h8-9H,4-7H2,1-3H3,(H,13,16)(H,18,19).